The predicted molar refractivity (Wildman–Crippen MR) is 103 cm³/mol. The Morgan fingerprint density at radius 3 is 1.97 bits per heavy atom. The topological polar surface area (TPSA) is 71.4 Å². The molecule has 0 heterocycles. The van der Waals surface area contributed by atoms with Crippen molar-refractivity contribution in [3.63, 3.8) is 0 Å². The quantitative estimate of drug-likeness (QED) is 0.733. The Kier molecular flexibility index (Phi) is 5.26. The van der Waals surface area contributed by atoms with Gasteiger partial charge in [0.2, 0.25) is 0 Å². The van der Waals surface area contributed by atoms with Crippen LogP contribution in [0.4, 0.5) is 8.78 Å². The average molecular weight is 404 g/mol. The Bertz CT molecular complexity index is 907. The van der Waals surface area contributed by atoms with Crippen molar-refractivity contribution in [2.75, 3.05) is 0 Å². The van der Waals surface area contributed by atoms with Crippen LogP contribution in [0.3, 0.4) is 0 Å². The molecule has 0 amide bonds. The van der Waals surface area contributed by atoms with E-state index in [1.54, 1.807) is 0 Å². The molecule has 3 rings (SSSR count). The average Bonchev–Trinajstić information content (AvgIpc) is 2.52. The highest BCUT2D eigenvalue weighted by molar-refractivity contribution is 6.09. The third-order valence-corrected chi connectivity index (χ3v) is 5.84. The molecule has 0 aromatic heterocycles. The zero-order valence-electron chi connectivity index (χ0n) is 17.1. The van der Waals surface area contributed by atoms with Crippen LogP contribution in [-0.2, 0) is 14.4 Å². The molecular weight excluding hydrogens is 378 g/mol. The maximum absolute atomic E-state index is 14.0. The van der Waals surface area contributed by atoms with Gasteiger partial charge in [0.05, 0.1) is 5.92 Å². The fourth-order valence-corrected chi connectivity index (χ4v) is 4.66. The van der Waals surface area contributed by atoms with Gasteiger partial charge in [-0.2, -0.15) is 0 Å². The van der Waals surface area contributed by atoms with E-state index in [0.29, 0.717) is 0 Å². The Hall–Kier alpha value is -2.37. The summed E-state index contributed by atoms with van der Waals surface area (Å²) in [5.41, 5.74) is -0.851. The van der Waals surface area contributed by atoms with Gasteiger partial charge < -0.3 is 5.11 Å². The van der Waals surface area contributed by atoms with E-state index in [-0.39, 0.29) is 59.9 Å². The van der Waals surface area contributed by atoms with E-state index in [1.807, 2.05) is 27.7 Å². The van der Waals surface area contributed by atoms with Crippen LogP contribution in [0.25, 0.3) is 0 Å². The van der Waals surface area contributed by atoms with Gasteiger partial charge in [0, 0.05) is 37.2 Å². The summed E-state index contributed by atoms with van der Waals surface area (Å²) < 4.78 is 27.5. The van der Waals surface area contributed by atoms with Crippen LogP contribution in [0.1, 0.15) is 64.9 Å². The molecule has 6 heteroatoms. The number of halogens is 2. The van der Waals surface area contributed by atoms with Crippen molar-refractivity contribution in [3.8, 4) is 0 Å². The number of hydrogen-bond acceptors (Lipinski definition) is 4. The van der Waals surface area contributed by atoms with Crippen molar-refractivity contribution in [3.05, 3.63) is 46.7 Å². The minimum Gasteiger partial charge on any atom is -0.512 e. The normalized spacial score (nSPS) is 23.4. The van der Waals surface area contributed by atoms with E-state index in [2.05, 4.69) is 0 Å². The van der Waals surface area contributed by atoms with Crippen LogP contribution in [-0.4, -0.2) is 22.5 Å². The SMILES string of the molecule is CC1(C)CC(=O)C([C@@H](C2=C(O)CC(C)(C)CC2=O)c2ccc(F)c(F)c2)C(=O)C1. The van der Waals surface area contributed by atoms with E-state index in [4.69, 9.17) is 0 Å². The molecule has 29 heavy (non-hydrogen) atoms. The number of rotatable bonds is 3. The molecule has 0 aliphatic heterocycles. The molecule has 4 nitrogen and oxygen atoms in total. The first-order valence-electron chi connectivity index (χ1n) is 9.77. The van der Waals surface area contributed by atoms with Crippen LogP contribution in [0, 0.1) is 28.4 Å². The third-order valence-electron chi connectivity index (χ3n) is 5.84. The first-order valence-corrected chi connectivity index (χ1v) is 9.77. The Morgan fingerprint density at radius 2 is 1.45 bits per heavy atom. The Labute approximate surface area is 169 Å². The number of ketones is 3. The van der Waals surface area contributed by atoms with Gasteiger partial charge in [-0.05, 0) is 28.5 Å². The van der Waals surface area contributed by atoms with Crippen molar-refractivity contribution in [1.82, 2.24) is 0 Å². The van der Waals surface area contributed by atoms with Crippen molar-refractivity contribution in [1.29, 1.82) is 0 Å². The van der Waals surface area contributed by atoms with Gasteiger partial charge in [0.25, 0.3) is 0 Å². The number of carbonyl (C=O) groups excluding carboxylic acids is 3. The monoisotopic (exact) mass is 404 g/mol. The summed E-state index contributed by atoms with van der Waals surface area (Å²) in [4.78, 5) is 38.9. The summed E-state index contributed by atoms with van der Waals surface area (Å²) in [6, 6.07) is 3.10. The standard InChI is InChI=1S/C23H26F2O4/c1-22(2)8-15(26)20(16(27)9-22)19(12-5-6-13(24)14(25)7-12)21-17(28)10-23(3,4)11-18(21)29/h5-7,19-20,28H,8-11H2,1-4H3/t19-/m0/s1. The van der Waals surface area contributed by atoms with Gasteiger partial charge in [-0.25, -0.2) is 8.78 Å². The molecule has 1 aromatic rings. The second-order valence-corrected chi connectivity index (χ2v) is 9.88. The molecule has 0 spiro atoms. The lowest BCUT2D eigenvalue weighted by atomic mass is 9.62. The van der Waals surface area contributed by atoms with E-state index in [0.717, 1.165) is 12.1 Å². The lowest BCUT2D eigenvalue weighted by molar-refractivity contribution is -0.140. The van der Waals surface area contributed by atoms with E-state index in [9.17, 15) is 28.3 Å². The third kappa shape index (κ3) is 4.16. The molecule has 1 aromatic carbocycles. The molecule has 2 aliphatic carbocycles. The summed E-state index contributed by atoms with van der Waals surface area (Å²) in [5.74, 6) is -5.78. The maximum Gasteiger partial charge on any atom is 0.163 e. The minimum absolute atomic E-state index is 0.0262. The van der Waals surface area contributed by atoms with E-state index < -0.39 is 34.3 Å². The van der Waals surface area contributed by atoms with Gasteiger partial charge in [-0.3, -0.25) is 14.4 Å². The number of carbonyl (C=O) groups is 3. The van der Waals surface area contributed by atoms with E-state index in [1.165, 1.54) is 6.07 Å². The summed E-state index contributed by atoms with van der Waals surface area (Å²) in [6.45, 7) is 7.31. The Morgan fingerprint density at radius 1 is 0.897 bits per heavy atom. The fraction of sp³-hybridized carbons (Fsp3) is 0.522. The fourth-order valence-electron chi connectivity index (χ4n) is 4.66. The summed E-state index contributed by atoms with van der Waals surface area (Å²) >= 11 is 0. The number of Topliss-reactive ketones (excluding diaryl/α,β-unsaturated/α-hetero) is 3. The van der Waals surface area contributed by atoms with Gasteiger partial charge in [0.15, 0.2) is 17.4 Å². The summed E-state index contributed by atoms with van der Waals surface area (Å²) in [7, 11) is 0. The first kappa shape index (κ1) is 21.3. The zero-order valence-corrected chi connectivity index (χ0v) is 17.1. The highest BCUT2D eigenvalue weighted by Gasteiger charge is 2.48. The van der Waals surface area contributed by atoms with Crippen LogP contribution < -0.4 is 0 Å². The molecule has 0 unspecified atom stereocenters. The van der Waals surface area contributed by atoms with Crippen LogP contribution in [0.5, 0.6) is 0 Å². The summed E-state index contributed by atoms with van der Waals surface area (Å²) in [6.07, 6.45) is 0.608. The second kappa shape index (κ2) is 7.15. The molecule has 1 N–H and O–H groups in total. The molecule has 0 saturated heterocycles. The lowest BCUT2D eigenvalue weighted by Gasteiger charge is -2.39. The van der Waals surface area contributed by atoms with Crippen LogP contribution >= 0.6 is 0 Å². The van der Waals surface area contributed by atoms with Crippen molar-refractivity contribution in [2.45, 2.75) is 59.3 Å². The molecule has 0 bridgehead atoms. The molecular formula is C23H26F2O4. The van der Waals surface area contributed by atoms with Crippen LogP contribution in [0.15, 0.2) is 29.5 Å². The predicted octanol–water partition coefficient (Wildman–Crippen LogP) is 4.82. The van der Waals surface area contributed by atoms with Crippen LogP contribution in [0.2, 0.25) is 0 Å². The number of hydrogen-bond donors (Lipinski definition) is 1. The molecule has 1 atom stereocenters. The lowest BCUT2D eigenvalue weighted by Crippen LogP contribution is -2.43. The highest BCUT2D eigenvalue weighted by atomic mass is 19.2. The number of benzene rings is 1. The smallest absolute Gasteiger partial charge is 0.163 e. The second-order valence-electron chi connectivity index (χ2n) is 9.88. The number of aliphatic hydroxyl groups excluding tert-OH is 1. The first-order chi connectivity index (χ1) is 13.3. The van der Waals surface area contributed by atoms with Crippen molar-refractivity contribution >= 4 is 17.3 Å². The molecule has 0 radical (unpaired) electrons. The van der Waals surface area contributed by atoms with Gasteiger partial charge >= 0.3 is 0 Å². The van der Waals surface area contributed by atoms with E-state index >= 15 is 0 Å². The van der Waals surface area contributed by atoms with Gasteiger partial charge in [-0.15, -0.1) is 0 Å². The van der Waals surface area contributed by atoms with Gasteiger partial charge in [0.1, 0.15) is 17.3 Å². The molecule has 2 aliphatic rings. The molecule has 1 fully saturated rings. The molecule has 1 saturated carbocycles. The van der Waals surface area contributed by atoms with Gasteiger partial charge in [-0.1, -0.05) is 33.8 Å². The number of allylic oxidation sites excluding steroid dienone is 2. The number of aliphatic hydroxyl groups is 1. The zero-order chi connectivity index (χ0) is 21.7. The Balaban J connectivity index is 2.18. The van der Waals surface area contributed by atoms with Crippen molar-refractivity contribution < 1.29 is 28.3 Å². The summed E-state index contributed by atoms with van der Waals surface area (Å²) in [5, 5.41) is 10.7. The molecule has 156 valence electrons. The van der Waals surface area contributed by atoms with Crippen molar-refractivity contribution in [2.24, 2.45) is 16.7 Å². The highest BCUT2D eigenvalue weighted by Crippen LogP contribution is 2.47. The maximum atomic E-state index is 14.0. The minimum atomic E-state index is -1.20. The largest absolute Gasteiger partial charge is 0.512 e.